The van der Waals surface area contributed by atoms with E-state index in [2.05, 4.69) is 24.5 Å². The summed E-state index contributed by atoms with van der Waals surface area (Å²) in [7, 11) is 6.80. The van der Waals surface area contributed by atoms with Crippen molar-refractivity contribution in [3.8, 4) is 28.4 Å². The van der Waals surface area contributed by atoms with Crippen molar-refractivity contribution in [2.24, 2.45) is 0 Å². The molecule has 30 heavy (non-hydrogen) atoms. The molecule has 0 saturated heterocycles. The zero-order valence-corrected chi connectivity index (χ0v) is 18.7. The molecule has 2 atom stereocenters. The molecule has 6 nitrogen and oxygen atoms in total. The molecule has 0 heterocycles. The van der Waals surface area contributed by atoms with Gasteiger partial charge in [0, 0.05) is 17.6 Å². The van der Waals surface area contributed by atoms with Gasteiger partial charge in [0.1, 0.15) is 0 Å². The van der Waals surface area contributed by atoms with E-state index in [0.717, 1.165) is 41.5 Å². The molecule has 162 valence electrons. The monoisotopic (exact) mass is 412 g/mol. The number of nitrogens with one attached hydrogen (secondary N) is 2. The minimum atomic E-state index is -0.0142. The molecule has 0 unspecified atom stereocenters. The summed E-state index contributed by atoms with van der Waals surface area (Å²) in [5, 5.41) is 6.72. The molecular weight excluding hydrogens is 380 g/mol. The molecule has 1 aliphatic carbocycles. The van der Waals surface area contributed by atoms with Gasteiger partial charge in [-0.15, -0.1) is 0 Å². The van der Waals surface area contributed by atoms with E-state index in [1.807, 2.05) is 25.2 Å². The van der Waals surface area contributed by atoms with Crippen LogP contribution in [0.4, 0.5) is 5.69 Å². The molecule has 2 N–H and O–H groups in total. The highest BCUT2D eigenvalue weighted by Crippen LogP contribution is 2.50. The van der Waals surface area contributed by atoms with Crippen molar-refractivity contribution >= 4 is 5.69 Å². The van der Waals surface area contributed by atoms with Gasteiger partial charge in [-0.3, -0.25) is 4.79 Å². The number of hydrogen-bond acceptors (Lipinski definition) is 6. The van der Waals surface area contributed by atoms with Gasteiger partial charge in [0.2, 0.25) is 11.2 Å². The van der Waals surface area contributed by atoms with Crippen molar-refractivity contribution in [1.29, 1.82) is 0 Å². The lowest BCUT2D eigenvalue weighted by atomic mass is 9.95. The van der Waals surface area contributed by atoms with Gasteiger partial charge in [0.05, 0.1) is 27.0 Å². The van der Waals surface area contributed by atoms with Crippen molar-refractivity contribution in [3.05, 3.63) is 45.6 Å². The lowest BCUT2D eigenvalue weighted by Crippen LogP contribution is -2.20. The molecule has 0 aliphatic heterocycles. The predicted molar refractivity (Wildman–Crippen MR) is 121 cm³/mol. The second-order valence-electron chi connectivity index (χ2n) is 7.64. The second-order valence-corrected chi connectivity index (χ2v) is 7.64. The summed E-state index contributed by atoms with van der Waals surface area (Å²) in [5.74, 6) is 1.82. The fourth-order valence-electron chi connectivity index (χ4n) is 4.10. The van der Waals surface area contributed by atoms with Crippen LogP contribution in [0.1, 0.15) is 43.9 Å². The second kappa shape index (κ2) is 9.39. The quantitative estimate of drug-likeness (QED) is 0.712. The summed E-state index contributed by atoms with van der Waals surface area (Å²) in [6, 6.07) is 7.93. The van der Waals surface area contributed by atoms with Crippen LogP contribution in [0.15, 0.2) is 29.1 Å². The molecule has 1 aliphatic rings. The zero-order chi connectivity index (χ0) is 21.8. The molecule has 0 spiro atoms. The van der Waals surface area contributed by atoms with E-state index in [1.54, 1.807) is 27.4 Å². The van der Waals surface area contributed by atoms with Crippen LogP contribution < -0.4 is 30.3 Å². The topological polar surface area (TPSA) is 68.8 Å². The highest BCUT2D eigenvalue weighted by molar-refractivity contribution is 5.83. The molecule has 0 saturated carbocycles. The van der Waals surface area contributed by atoms with Crippen LogP contribution >= 0.6 is 0 Å². The van der Waals surface area contributed by atoms with E-state index in [-0.39, 0.29) is 17.5 Å². The third-order valence-corrected chi connectivity index (χ3v) is 5.90. The van der Waals surface area contributed by atoms with Gasteiger partial charge in [0.25, 0.3) is 0 Å². The van der Waals surface area contributed by atoms with E-state index >= 15 is 0 Å². The Bertz CT molecular complexity index is 974. The molecule has 0 radical (unpaired) electrons. The van der Waals surface area contributed by atoms with Crippen molar-refractivity contribution in [3.63, 3.8) is 0 Å². The number of fused-ring (bicyclic) bond motifs is 3. The summed E-state index contributed by atoms with van der Waals surface area (Å²) in [6.45, 7) is 4.17. The van der Waals surface area contributed by atoms with Crippen molar-refractivity contribution < 1.29 is 14.2 Å². The van der Waals surface area contributed by atoms with Crippen LogP contribution in [-0.4, -0.2) is 34.4 Å². The first-order chi connectivity index (χ1) is 14.5. The van der Waals surface area contributed by atoms with Crippen LogP contribution in [0, 0.1) is 0 Å². The number of hydrogen-bond donors (Lipinski definition) is 2. The Morgan fingerprint density at radius 2 is 1.83 bits per heavy atom. The number of aryl methyl sites for hydroxylation is 1. The highest BCUT2D eigenvalue weighted by atomic mass is 16.5. The van der Waals surface area contributed by atoms with Crippen molar-refractivity contribution in [2.45, 2.75) is 45.2 Å². The third-order valence-electron chi connectivity index (χ3n) is 5.90. The summed E-state index contributed by atoms with van der Waals surface area (Å²) in [5.41, 5.74) is 4.58. The maximum absolute atomic E-state index is 13.0. The molecule has 3 rings (SSSR count). The number of rotatable bonds is 7. The first kappa shape index (κ1) is 22.0. The zero-order valence-electron chi connectivity index (χ0n) is 18.7. The van der Waals surface area contributed by atoms with Gasteiger partial charge >= 0.3 is 0 Å². The Morgan fingerprint density at radius 3 is 2.43 bits per heavy atom. The van der Waals surface area contributed by atoms with E-state index in [1.165, 1.54) is 0 Å². The number of anilines is 1. The predicted octanol–water partition coefficient (Wildman–Crippen LogP) is 4.16. The third kappa shape index (κ3) is 3.97. The molecule has 0 fully saturated rings. The number of ether oxygens (including phenoxy) is 3. The van der Waals surface area contributed by atoms with E-state index in [4.69, 9.17) is 14.2 Å². The van der Waals surface area contributed by atoms with Crippen molar-refractivity contribution in [2.75, 3.05) is 33.7 Å². The van der Waals surface area contributed by atoms with Gasteiger partial charge in [-0.2, -0.15) is 0 Å². The fourth-order valence-corrected chi connectivity index (χ4v) is 4.10. The lowest BCUT2D eigenvalue weighted by molar-refractivity contribution is 0.324. The minimum absolute atomic E-state index is 0.0142. The highest BCUT2D eigenvalue weighted by Gasteiger charge is 2.28. The number of methoxy groups -OCH3 is 3. The first-order valence-electron chi connectivity index (χ1n) is 10.4. The Hall–Kier alpha value is -2.73. The molecular formula is C24H32N2O4. The summed E-state index contributed by atoms with van der Waals surface area (Å²) in [4.78, 5) is 13.0. The Kier molecular flexibility index (Phi) is 6.87. The van der Waals surface area contributed by atoms with Gasteiger partial charge in [-0.1, -0.05) is 13.0 Å². The molecule has 0 bridgehead atoms. The van der Waals surface area contributed by atoms with Gasteiger partial charge < -0.3 is 24.8 Å². The average molecular weight is 413 g/mol. The SMILES string of the molecule is CC[C@@H](C)Nc1ccc2c(cc1=O)[C@H](NC)CCc1cc(OC)c(OC)c(OC)c1-2. The normalized spacial score (nSPS) is 16.0. The number of benzene rings is 1. The van der Waals surface area contributed by atoms with Gasteiger partial charge in [-0.25, -0.2) is 0 Å². The van der Waals surface area contributed by atoms with Crippen LogP contribution in [-0.2, 0) is 6.42 Å². The lowest BCUT2D eigenvalue weighted by Gasteiger charge is -2.19. The Balaban J connectivity index is 2.35. The van der Waals surface area contributed by atoms with E-state index in [9.17, 15) is 4.79 Å². The average Bonchev–Trinajstić information content (AvgIpc) is 3.00. The summed E-state index contributed by atoms with van der Waals surface area (Å²) >= 11 is 0. The first-order valence-corrected chi connectivity index (χ1v) is 10.4. The smallest absolute Gasteiger partial charge is 0.203 e. The standard InChI is InChI=1S/C24H32N2O4/c1-7-14(2)26-19-11-9-16-17(13-20(19)27)18(25-3)10-8-15-12-21(28-4)23(29-5)24(30-6)22(15)16/h9,11-14,18,25H,7-8,10H2,1-6H3,(H,26,27)/t14-,18-/m1/s1. The van der Waals surface area contributed by atoms with Gasteiger partial charge in [0.15, 0.2) is 11.5 Å². The Labute approximate surface area is 178 Å². The maximum Gasteiger partial charge on any atom is 0.203 e. The van der Waals surface area contributed by atoms with Crippen LogP contribution in [0.2, 0.25) is 0 Å². The van der Waals surface area contributed by atoms with Crippen molar-refractivity contribution in [1.82, 2.24) is 5.32 Å². The van der Waals surface area contributed by atoms with Crippen LogP contribution in [0.25, 0.3) is 11.1 Å². The van der Waals surface area contributed by atoms with Crippen LogP contribution in [0.5, 0.6) is 17.2 Å². The minimum Gasteiger partial charge on any atom is -0.493 e. The molecule has 0 aromatic heterocycles. The summed E-state index contributed by atoms with van der Waals surface area (Å²) in [6.07, 6.45) is 2.61. The molecule has 2 aromatic rings. The largest absolute Gasteiger partial charge is 0.493 e. The van der Waals surface area contributed by atoms with E-state index in [0.29, 0.717) is 22.9 Å². The molecule has 0 amide bonds. The fraction of sp³-hybridized carbons (Fsp3) is 0.458. The molecule has 2 aromatic carbocycles. The molecule has 6 heteroatoms. The van der Waals surface area contributed by atoms with Gasteiger partial charge in [-0.05, 0) is 68.1 Å². The van der Waals surface area contributed by atoms with Crippen LogP contribution in [0.3, 0.4) is 0 Å². The van der Waals surface area contributed by atoms with E-state index < -0.39 is 0 Å². The maximum atomic E-state index is 13.0. The summed E-state index contributed by atoms with van der Waals surface area (Å²) < 4.78 is 17.0. The Morgan fingerprint density at radius 1 is 1.10 bits per heavy atom.